The van der Waals surface area contributed by atoms with Crippen LogP contribution in [0.5, 0.6) is 0 Å². The van der Waals surface area contributed by atoms with Crippen molar-refractivity contribution in [2.75, 3.05) is 0 Å². The fourth-order valence-electron chi connectivity index (χ4n) is 3.73. The topological polar surface area (TPSA) is 60.2 Å². The van der Waals surface area contributed by atoms with Gasteiger partial charge in [-0.25, -0.2) is 0 Å². The number of benzene rings is 2. The fourth-order valence-corrected chi connectivity index (χ4v) is 3.73. The predicted molar refractivity (Wildman–Crippen MR) is 102 cm³/mol. The monoisotopic (exact) mass is 349 g/mol. The minimum Gasteiger partial charge on any atom is -0.294 e. The van der Waals surface area contributed by atoms with E-state index in [9.17, 15) is 14.9 Å². The molecule has 0 heterocycles. The van der Waals surface area contributed by atoms with Gasteiger partial charge in [0.05, 0.1) is 5.92 Å². The largest absolute Gasteiger partial charge is 0.294 e. The lowest BCUT2D eigenvalue weighted by Gasteiger charge is -2.25. The Morgan fingerprint density at radius 2 is 1.65 bits per heavy atom. The van der Waals surface area contributed by atoms with Crippen LogP contribution in [0.4, 0.5) is 0 Å². The van der Waals surface area contributed by atoms with Crippen LogP contribution in [0.3, 0.4) is 0 Å². The van der Waals surface area contributed by atoms with Gasteiger partial charge < -0.3 is 0 Å². The molecule has 4 heteroatoms. The molecule has 2 aromatic carbocycles. The first-order chi connectivity index (χ1) is 12.7. The number of rotatable bonds is 7. The van der Waals surface area contributed by atoms with Gasteiger partial charge in [-0.05, 0) is 36.8 Å². The molecule has 4 nitrogen and oxygen atoms in total. The van der Waals surface area contributed by atoms with Crippen molar-refractivity contribution < 1.29 is 9.72 Å². The van der Waals surface area contributed by atoms with Crippen LogP contribution in [-0.2, 0) is 0 Å². The van der Waals surface area contributed by atoms with Gasteiger partial charge >= 0.3 is 0 Å². The molecular weight excluding hydrogens is 326 g/mol. The van der Waals surface area contributed by atoms with E-state index in [1.54, 1.807) is 12.1 Å². The zero-order valence-electron chi connectivity index (χ0n) is 14.7. The molecule has 0 aliphatic heterocycles. The van der Waals surface area contributed by atoms with Crippen molar-refractivity contribution in [2.45, 2.75) is 44.1 Å². The molecule has 134 valence electrons. The fraction of sp³-hybridized carbons (Fsp3) is 0.318. The summed E-state index contributed by atoms with van der Waals surface area (Å²) in [5.41, 5.74) is 2.33. The van der Waals surface area contributed by atoms with Crippen LogP contribution in [0.1, 0.15) is 53.9 Å². The van der Waals surface area contributed by atoms with Crippen molar-refractivity contribution in [3.8, 4) is 0 Å². The van der Waals surface area contributed by atoms with E-state index in [1.807, 2.05) is 54.6 Å². The Morgan fingerprint density at radius 3 is 2.23 bits per heavy atom. The van der Waals surface area contributed by atoms with Crippen molar-refractivity contribution in [1.29, 1.82) is 0 Å². The average molecular weight is 349 g/mol. The second-order valence-electron chi connectivity index (χ2n) is 6.77. The van der Waals surface area contributed by atoms with Gasteiger partial charge in [-0.3, -0.25) is 14.9 Å². The SMILES string of the molecule is O=C(C[C@H](c1ccccc1)[C@@H](C1=CCCCC1)[N+](=O)[O-])c1ccccc1. The maximum absolute atomic E-state index is 12.8. The molecule has 0 spiro atoms. The van der Waals surface area contributed by atoms with E-state index in [2.05, 4.69) is 0 Å². The third-order valence-corrected chi connectivity index (χ3v) is 5.04. The summed E-state index contributed by atoms with van der Waals surface area (Å²) in [6, 6.07) is 17.6. The first-order valence-corrected chi connectivity index (χ1v) is 9.12. The van der Waals surface area contributed by atoms with E-state index in [0.717, 1.165) is 36.8 Å². The summed E-state index contributed by atoms with van der Waals surface area (Å²) in [5.74, 6) is -0.508. The molecule has 0 fully saturated rings. The van der Waals surface area contributed by atoms with Crippen LogP contribution >= 0.6 is 0 Å². The molecule has 0 bridgehead atoms. The molecule has 0 aromatic heterocycles. The molecular formula is C22H23NO3. The lowest BCUT2D eigenvalue weighted by molar-refractivity contribution is -0.516. The van der Waals surface area contributed by atoms with E-state index in [0.29, 0.717) is 5.56 Å². The number of allylic oxidation sites excluding steroid dienone is 1. The van der Waals surface area contributed by atoms with E-state index in [4.69, 9.17) is 0 Å². The van der Waals surface area contributed by atoms with Crippen molar-refractivity contribution in [2.24, 2.45) is 0 Å². The third-order valence-electron chi connectivity index (χ3n) is 5.04. The number of nitrogens with zero attached hydrogens (tertiary/aromatic N) is 1. The summed E-state index contributed by atoms with van der Waals surface area (Å²) in [7, 11) is 0. The van der Waals surface area contributed by atoms with E-state index in [-0.39, 0.29) is 17.1 Å². The zero-order chi connectivity index (χ0) is 18.4. The van der Waals surface area contributed by atoms with Crippen LogP contribution in [-0.4, -0.2) is 16.7 Å². The number of carbonyl (C=O) groups excluding carboxylic acids is 1. The molecule has 0 unspecified atom stereocenters. The lowest BCUT2D eigenvalue weighted by Crippen LogP contribution is -2.32. The zero-order valence-corrected chi connectivity index (χ0v) is 14.7. The highest BCUT2D eigenvalue weighted by atomic mass is 16.6. The Kier molecular flexibility index (Phi) is 5.95. The summed E-state index contributed by atoms with van der Waals surface area (Å²) >= 11 is 0. The molecule has 26 heavy (non-hydrogen) atoms. The second kappa shape index (κ2) is 8.56. The molecule has 2 aromatic rings. The molecule has 1 aliphatic rings. The van der Waals surface area contributed by atoms with Crippen molar-refractivity contribution >= 4 is 5.78 Å². The maximum Gasteiger partial charge on any atom is 0.241 e. The van der Waals surface area contributed by atoms with Gasteiger partial charge in [-0.15, -0.1) is 0 Å². The highest BCUT2D eigenvalue weighted by molar-refractivity contribution is 5.96. The summed E-state index contributed by atoms with van der Waals surface area (Å²) < 4.78 is 0. The summed E-state index contributed by atoms with van der Waals surface area (Å²) in [4.78, 5) is 24.6. The molecule has 0 saturated heterocycles. The van der Waals surface area contributed by atoms with E-state index in [1.165, 1.54) is 0 Å². The number of hydrogen-bond acceptors (Lipinski definition) is 3. The van der Waals surface area contributed by atoms with Crippen molar-refractivity contribution in [3.05, 3.63) is 93.6 Å². The van der Waals surface area contributed by atoms with E-state index < -0.39 is 12.0 Å². The van der Waals surface area contributed by atoms with Gasteiger partial charge in [0.2, 0.25) is 6.04 Å². The third kappa shape index (κ3) is 4.26. The number of Topliss-reactive ketones (excluding diaryl/α,β-unsaturated/α-hetero) is 1. The number of carbonyl (C=O) groups is 1. The van der Waals surface area contributed by atoms with Crippen LogP contribution in [0, 0.1) is 10.1 Å². The lowest BCUT2D eigenvalue weighted by atomic mass is 9.80. The normalized spacial score (nSPS) is 16.4. The van der Waals surface area contributed by atoms with Gasteiger partial charge in [0.1, 0.15) is 0 Å². The first kappa shape index (κ1) is 18.1. The predicted octanol–water partition coefficient (Wildman–Crippen LogP) is 5.19. The molecule has 0 saturated carbocycles. The molecule has 0 N–H and O–H groups in total. The first-order valence-electron chi connectivity index (χ1n) is 9.12. The van der Waals surface area contributed by atoms with Gasteiger partial charge in [0, 0.05) is 16.9 Å². The summed E-state index contributed by atoms with van der Waals surface area (Å²) in [5, 5.41) is 12.0. The van der Waals surface area contributed by atoms with Crippen LogP contribution in [0.2, 0.25) is 0 Å². The van der Waals surface area contributed by atoms with E-state index >= 15 is 0 Å². The van der Waals surface area contributed by atoms with Crippen molar-refractivity contribution in [1.82, 2.24) is 0 Å². The van der Waals surface area contributed by atoms with Gasteiger partial charge in [-0.1, -0.05) is 66.7 Å². The molecule has 0 radical (unpaired) electrons. The Morgan fingerprint density at radius 1 is 1.00 bits per heavy atom. The van der Waals surface area contributed by atoms with Gasteiger partial charge in [0.15, 0.2) is 5.78 Å². The Labute approximate surface area is 153 Å². The van der Waals surface area contributed by atoms with Gasteiger partial charge in [0.25, 0.3) is 0 Å². The molecule has 0 amide bonds. The van der Waals surface area contributed by atoms with Crippen LogP contribution < -0.4 is 0 Å². The minimum absolute atomic E-state index is 0.0530. The Hall–Kier alpha value is -2.75. The molecule has 3 rings (SSSR count). The average Bonchev–Trinajstić information content (AvgIpc) is 2.69. The second-order valence-corrected chi connectivity index (χ2v) is 6.77. The number of ketones is 1. The quantitative estimate of drug-likeness (QED) is 0.299. The maximum atomic E-state index is 12.8. The van der Waals surface area contributed by atoms with Gasteiger partial charge in [-0.2, -0.15) is 0 Å². The Balaban J connectivity index is 1.95. The minimum atomic E-state index is -0.842. The highest BCUT2D eigenvalue weighted by Crippen LogP contribution is 2.34. The molecule has 2 atom stereocenters. The summed E-state index contributed by atoms with van der Waals surface area (Å²) in [6.07, 6.45) is 5.83. The smallest absolute Gasteiger partial charge is 0.241 e. The number of nitro groups is 1. The summed E-state index contributed by atoms with van der Waals surface area (Å²) in [6.45, 7) is 0. The van der Waals surface area contributed by atoms with Crippen LogP contribution in [0.25, 0.3) is 0 Å². The highest BCUT2D eigenvalue weighted by Gasteiger charge is 2.37. The van der Waals surface area contributed by atoms with Crippen molar-refractivity contribution in [3.63, 3.8) is 0 Å². The number of hydrogen-bond donors (Lipinski definition) is 0. The standard InChI is InChI=1S/C22H23NO3/c24-21(18-12-6-2-7-13-18)16-20(17-10-4-1-5-11-17)22(23(25)26)19-14-8-3-9-15-19/h1-2,4-7,10-14,20,22H,3,8-9,15-16H2/t20-,22-/m1/s1. The van der Waals surface area contributed by atoms with Crippen LogP contribution in [0.15, 0.2) is 72.3 Å². The Bertz CT molecular complexity index is 784. The molecule has 1 aliphatic carbocycles.